The molecule has 30 heavy (non-hydrogen) atoms. The van der Waals surface area contributed by atoms with Crippen LogP contribution in [0.3, 0.4) is 0 Å². The minimum Gasteiger partial charge on any atom is -0.331 e. The zero-order chi connectivity index (χ0) is 20.8. The summed E-state index contributed by atoms with van der Waals surface area (Å²) in [6.45, 7) is 4.69. The molecular weight excluding hydrogens is 368 g/mol. The van der Waals surface area contributed by atoms with Gasteiger partial charge in [-0.05, 0) is 11.1 Å². The summed E-state index contributed by atoms with van der Waals surface area (Å²) < 4.78 is 0.995. The zero-order valence-electron chi connectivity index (χ0n) is 17.8. The summed E-state index contributed by atoms with van der Waals surface area (Å²) in [5.41, 5.74) is 3.78. The number of nitrogens with zero attached hydrogens (tertiary/aromatic N) is 2. The first kappa shape index (κ1) is 20.4. The average molecular weight is 400 g/mol. The fraction of sp³-hybridized carbons (Fsp3) is 0.296. The van der Waals surface area contributed by atoms with Crippen molar-refractivity contribution in [3.05, 3.63) is 108 Å². The SMILES string of the molecule is C[N+]1(Cc2ccccc2)CCN(C(=O)CC(c2ccccc2)c2ccccc2)CC1. The summed E-state index contributed by atoms with van der Waals surface area (Å²) in [6, 6.07) is 31.5. The predicted octanol–water partition coefficient (Wildman–Crippen LogP) is 4.70. The van der Waals surface area contributed by atoms with Crippen molar-refractivity contribution in [2.75, 3.05) is 33.2 Å². The normalized spacial score (nSPS) is 15.9. The van der Waals surface area contributed by atoms with Crippen LogP contribution >= 0.6 is 0 Å². The van der Waals surface area contributed by atoms with E-state index in [9.17, 15) is 4.79 Å². The van der Waals surface area contributed by atoms with E-state index < -0.39 is 0 Å². The third-order valence-corrected chi connectivity index (χ3v) is 6.36. The molecule has 1 amide bonds. The highest BCUT2D eigenvalue weighted by Gasteiger charge is 2.32. The van der Waals surface area contributed by atoms with Gasteiger partial charge in [0, 0.05) is 17.9 Å². The Kier molecular flexibility index (Phi) is 6.29. The third kappa shape index (κ3) is 4.98. The molecule has 0 spiro atoms. The lowest BCUT2D eigenvalue weighted by Crippen LogP contribution is -2.57. The van der Waals surface area contributed by atoms with Gasteiger partial charge in [-0.1, -0.05) is 91.0 Å². The van der Waals surface area contributed by atoms with Crippen molar-refractivity contribution in [2.24, 2.45) is 0 Å². The number of benzene rings is 3. The van der Waals surface area contributed by atoms with E-state index in [2.05, 4.69) is 90.8 Å². The van der Waals surface area contributed by atoms with Crippen LogP contribution in [0.15, 0.2) is 91.0 Å². The molecule has 3 aromatic rings. The Balaban J connectivity index is 1.42. The third-order valence-electron chi connectivity index (χ3n) is 6.36. The molecule has 0 bridgehead atoms. The van der Waals surface area contributed by atoms with Crippen molar-refractivity contribution in [1.29, 1.82) is 0 Å². The molecule has 154 valence electrons. The monoisotopic (exact) mass is 399 g/mol. The van der Waals surface area contributed by atoms with Gasteiger partial charge in [0.2, 0.25) is 5.91 Å². The summed E-state index contributed by atoms with van der Waals surface area (Å²) in [5, 5.41) is 0. The first-order chi connectivity index (χ1) is 14.6. The molecule has 1 saturated heterocycles. The number of hydrogen-bond acceptors (Lipinski definition) is 1. The number of rotatable bonds is 6. The lowest BCUT2D eigenvalue weighted by Gasteiger charge is -2.42. The molecule has 0 aromatic heterocycles. The summed E-state index contributed by atoms with van der Waals surface area (Å²) in [5.74, 6) is 0.366. The van der Waals surface area contributed by atoms with Crippen LogP contribution in [-0.4, -0.2) is 48.5 Å². The van der Waals surface area contributed by atoms with Gasteiger partial charge >= 0.3 is 0 Å². The second-order valence-electron chi connectivity index (χ2n) is 8.67. The highest BCUT2D eigenvalue weighted by atomic mass is 16.2. The Morgan fingerprint density at radius 1 is 0.800 bits per heavy atom. The molecule has 3 heteroatoms. The van der Waals surface area contributed by atoms with Gasteiger partial charge in [0.15, 0.2) is 0 Å². The smallest absolute Gasteiger partial charge is 0.223 e. The summed E-state index contributed by atoms with van der Waals surface area (Å²) in [7, 11) is 2.31. The van der Waals surface area contributed by atoms with Crippen molar-refractivity contribution in [3.63, 3.8) is 0 Å². The summed E-state index contributed by atoms with van der Waals surface area (Å²) >= 11 is 0. The standard InChI is InChI=1S/C27H31N2O/c1-29(22-23-11-5-2-6-12-23)19-17-28(18-20-29)27(30)21-26(24-13-7-3-8-14-24)25-15-9-4-10-16-25/h2-16,26H,17-22H2,1H3/q+1. The van der Waals surface area contributed by atoms with Crippen molar-refractivity contribution >= 4 is 5.91 Å². The van der Waals surface area contributed by atoms with Crippen molar-refractivity contribution < 1.29 is 9.28 Å². The Labute approximate surface area is 180 Å². The second kappa shape index (κ2) is 9.27. The van der Waals surface area contributed by atoms with E-state index in [0.29, 0.717) is 6.42 Å². The van der Waals surface area contributed by atoms with E-state index in [4.69, 9.17) is 0 Å². The van der Waals surface area contributed by atoms with Gasteiger partial charge in [-0.3, -0.25) is 4.79 Å². The molecule has 3 nitrogen and oxygen atoms in total. The number of hydrogen-bond donors (Lipinski definition) is 0. The second-order valence-corrected chi connectivity index (χ2v) is 8.67. The molecule has 1 aliphatic rings. The first-order valence-electron chi connectivity index (χ1n) is 10.9. The maximum absolute atomic E-state index is 13.2. The van der Waals surface area contributed by atoms with E-state index in [1.807, 2.05) is 12.1 Å². The summed E-state index contributed by atoms with van der Waals surface area (Å²) in [4.78, 5) is 15.3. The lowest BCUT2D eigenvalue weighted by molar-refractivity contribution is -0.926. The molecule has 1 heterocycles. The molecule has 0 unspecified atom stereocenters. The molecule has 1 fully saturated rings. The van der Waals surface area contributed by atoms with Gasteiger partial charge in [-0.2, -0.15) is 0 Å². The Hall–Kier alpha value is -2.91. The van der Waals surface area contributed by atoms with E-state index in [-0.39, 0.29) is 11.8 Å². The van der Waals surface area contributed by atoms with Gasteiger partial charge in [0.05, 0.1) is 33.2 Å². The number of carbonyl (C=O) groups is 1. The van der Waals surface area contributed by atoms with Crippen LogP contribution in [0.1, 0.15) is 29.0 Å². The minimum atomic E-state index is 0.104. The summed E-state index contributed by atoms with van der Waals surface area (Å²) in [6.07, 6.45) is 0.524. The highest BCUT2D eigenvalue weighted by molar-refractivity contribution is 5.78. The molecule has 4 rings (SSSR count). The maximum Gasteiger partial charge on any atom is 0.223 e. The predicted molar refractivity (Wildman–Crippen MR) is 122 cm³/mol. The molecule has 3 aromatic carbocycles. The molecule has 0 radical (unpaired) electrons. The lowest BCUT2D eigenvalue weighted by atomic mass is 9.88. The fourth-order valence-electron chi connectivity index (χ4n) is 4.48. The van der Waals surface area contributed by atoms with Crippen molar-refractivity contribution in [1.82, 2.24) is 4.90 Å². The van der Waals surface area contributed by atoms with Gasteiger partial charge < -0.3 is 9.38 Å². The number of carbonyl (C=O) groups excluding carboxylic acids is 1. The van der Waals surface area contributed by atoms with Crippen LogP contribution in [0.25, 0.3) is 0 Å². The van der Waals surface area contributed by atoms with Crippen molar-refractivity contribution in [3.8, 4) is 0 Å². The minimum absolute atomic E-state index is 0.104. The number of piperazine rings is 1. The number of amides is 1. The van der Waals surface area contributed by atoms with E-state index in [1.54, 1.807) is 0 Å². The Bertz CT molecular complexity index is 893. The van der Waals surface area contributed by atoms with Crippen molar-refractivity contribution in [2.45, 2.75) is 18.9 Å². The van der Waals surface area contributed by atoms with E-state index >= 15 is 0 Å². The van der Waals surface area contributed by atoms with Crippen LogP contribution in [-0.2, 0) is 11.3 Å². The number of likely N-dealkylation sites (N-methyl/N-ethyl adjacent to an activating group) is 1. The molecule has 0 N–H and O–H groups in total. The maximum atomic E-state index is 13.2. The average Bonchev–Trinajstić information content (AvgIpc) is 2.79. The highest BCUT2D eigenvalue weighted by Crippen LogP contribution is 2.29. The van der Waals surface area contributed by atoms with E-state index in [1.165, 1.54) is 16.7 Å². The topological polar surface area (TPSA) is 20.3 Å². The first-order valence-corrected chi connectivity index (χ1v) is 10.9. The van der Waals surface area contributed by atoms with Crippen LogP contribution in [0.2, 0.25) is 0 Å². The van der Waals surface area contributed by atoms with Crippen LogP contribution in [0.4, 0.5) is 0 Å². The Morgan fingerprint density at radius 3 is 1.77 bits per heavy atom. The van der Waals surface area contributed by atoms with Gasteiger partial charge in [0.25, 0.3) is 0 Å². The number of quaternary nitrogens is 1. The molecule has 1 aliphatic heterocycles. The molecular formula is C27H31N2O+. The van der Waals surface area contributed by atoms with Crippen LogP contribution < -0.4 is 0 Å². The largest absolute Gasteiger partial charge is 0.331 e. The van der Waals surface area contributed by atoms with Gasteiger partial charge in [0.1, 0.15) is 6.54 Å². The Morgan fingerprint density at radius 2 is 1.27 bits per heavy atom. The van der Waals surface area contributed by atoms with E-state index in [0.717, 1.165) is 37.2 Å². The zero-order valence-corrected chi connectivity index (χ0v) is 17.8. The van der Waals surface area contributed by atoms with Crippen LogP contribution in [0.5, 0.6) is 0 Å². The molecule has 0 saturated carbocycles. The van der Waals surface area contributed by atoms with Gasteiger partial charge in [-0.25, -0.2) is 0 Å². The quantitative estimate of drug-likeness (QED) is 0.550. The fourth-order valence-corrected chi connectivity index (χ4v) is 4.48. The van der Waals surface area contributed by atoms with Crippen LogP contribution in [0, 0.1) is 0 Å². The molecule has 0 aliphatic carbocycles. The molecule has 0 atom stereocenters. The van der Waals surface area contributed by atoms with Gasteiger partial charge in [-0.15, -0.1) is 0 Å².